The van der Waals surface area contributed by atoms with E-state index in [1.807, 2.05) is 6.92 Å². The first kappa shape index (κ1) is 9.65. The first-order valence-corrected chi connectivity index (χ1v) is 3.30. The van der Waals surface area contributed by atoms with Crippen LogP contribution in [-0.4, -0.2) is 28.8 Å². The number of nitrogens with zero attached hydrogens (tertiary/aromatic N) is 2. The minimum Gasteiger partial charge on any atom is -0.464 e. The highest BCUT2D eigenvalue weighted by Crippen LogP contribution is 1.94. The van der Waals surface area contributed by atoms with E-state index < -0.39 is 6.09 Å². The summed E-state index contributed by atoms with van der Waals surface area (Å²) in [6.07, 6.45) is 1.51. The van der Waals surface area contributed by atoms with Gasteiger partial charge in [0, 0.05) is 6.54 Å². The number of hydrogen-bond acceptors (Lipinski definition) is 3. The average molecular weight is 158 g/mol. The zero-order valence-corrected chi connectivity index (χ0v) is 6.28. The maximum atomic E-state index is 10.2. The number of isocyanates is 1. The molecule has 62 valence electrons. The first-order valence-electron chi connectivity index (χ1n) is 3.30. The van der Waals surface area contributed by atoms with E-state index in [9.17, 15) is 9.59 Å². The van der Waals surface area contributed by atoms with Gasteiger partial charge in [-0.2, -0.15) is 5.01 Å². The number of carbonyl (C=O) groups is 1. The van der Waals surface area contributed by atoms with Crippen molar-refractivity contribution in [2.75, 3.05) is 6.54 Å². The van der Waals surface area contributed by atoms with Crippen molar-refractivity contribution in [1.82, 2.24) is 5.01 Å². The highest BCUT2D eigenvalue weighted by atomic mass is 16.4. The second-order valence-corrected chi connectivity index (χ2v) is 1.95. The zero-order valence-electron chi connectivity index (χ0n) is 6.28. The maximum absolute atomic E-state index is 10.2. The lowest BCUT2D eigenvalue weighted by Gasteiger charge is -2.08. The second kappa shape index (κ2) is 5.44. The summed E-state index contributed by atoms with van der Waals surface area (Å²) in [5.41, 5.74) is 0. The minimum absolute atomic E-state index is 0.251. The highest BCUT2D eigenvalue weighted by molar-refractivity contribution is 5.65. The van der Waals surface area contributed by atoms with Gasteiger partial charge in [0.15, 0.2) is 0 Å². The fraction of sp³-hybridized carbons (Fsp3) is 0.667. The molecule has 0 heterocycles. The third kappa shape index (κ3) is 4.11. The Labute approximate surface area is 64.3 Å². The van der Waals surface area contributed by atoms with E-state index in [0.29, 0.717) is 11.4 Å². The largest absolute Gasteiger partial charge is 0.464 e. The van der Waals surface area contributed by atoms with E-state index in [0.717, 1.165) is 6.42 Å². The van der Waals surface area contributed by atoms with Gasteiger partial charge in [-0.1, -0.05) is 18.4 Å². The van der Waals surface area contributed by atoms with Crippen molar-refractivity contribution in [2.24, 2.45) is 5.10 Å². The van der Waals surface area contributed by atoms with Gasteiger partial charge < -0.3 is 5.11 Å². The van der Waals surface area contributed by atoms with Gasteiger partial charge in [0.2, 0.25) is 0 Å². The lowest BCUT2D eigenvalue weighted by molar-refractivity contribution is 0.146. The molecule has 0 aromatic carbocycles. The fourth-order valence-electron chi connectivity index (χ4n) is 0.546. The first-order chi connectivity index (χ1) is 5.22. The summed E-state index contributed by atoms with van der Waals surface area (Å²) in [6.45, 7) is 2.17. The molecule has 11 heavy (non-hydrogen) atoms. The van der Waals surface area contributed by atoms with E-state index in [1.54, 1.807) is 0 Å². The van der Waals surface area contributed by atoms with Crippen molar-refractivity contribution < 1.29 is 14.7 Å². The maximum Gasteiger partial charge on any atom is 0.428 e. The summed E-state index contributed by atoms with van der Waals surface area (Å²) in [4.78, 5) is 19.9. The summed E-state index contributed by atoms with van der Waals surface area (Å²) in [6, 6.07) is 0. The van der Waals surface area contributed by atoms with Gasteiger partial charge in [-0.15, -0.1) is 0 Å². The number of rotatable bonds is 4. The van der Waals surface area contributed by atoms with Crippen molar-refractivity contribution in [3.05, 3.63) is 0 Å². The van der Waals surface area contributed by atoms with Crippen LogP contribution in [0.25, 0.3) is 0 Å². The van der Waals surface area contributed by atoms with Gasteiger partial charge in [-0.3, -0.25) is 0 Å². The van der Waals surface area contributed by atoms with E-state index in [1.165, 1.54) is 6.08 Å². The SMILES string of the molecule is CCCCN(N=C=O)C(=O)O. The van der Waals surface area contributed by atoms with Gasteiger partial charge in [0.1, 0.15) is 0 Å². The molecule has 0 rings (SSSR count). The van der Waals surface area contributed by atoms with Crippen molar-refractivity contribution in [3.8, 4) is 0 Å². The number of hydrazone groups is 1. The minimum atomic E-state index is -1.22. The van der Waals surface area contributed by atoms with Crippen LogP contribution in [-0.2, 0) is 4.79 Å². The molecule has 0 aliphatic heterocycles. The molecular weight excluding hydrogens is 148 g/mol. The van der Waals surface area contributed by atoms with Crippen LogP contribution >= 0.6 is 0 Å². The Hall–Kier alpha value is -1.35. The van der Waals surface area contributed by atoms with Gasteiger partial charge in [-0.25, -0.2) is 9.59 Å². The van der Waals surface area contributed by atoms with Gasteiger partial charge >= 0.3 is 6.09 Å². The second-order valence-electron chi connectivity index (χ2n) is 1.95. The van der Waals surface area contributed by atoms with E-state index in [4.69, 9.17) is 5.11 Å². The third-order valence-electron chi connectivity index (χ3n) is 1.11. The molecule has 1 N–H and O–H groups in total. The molecule has 0 aromatic heterocycles. The molecule has 0 bridgehead atoms. The number of hydrogen-bond donors (Lipinski definition) is 1. The van der Waals surface area contributed by atoms with Crippen LogP contribution in [0.1, 0.15) is 19.8 Å². The Kier molecular flexibility index (Phi) is 4.77. The molecule has 0 saturated carbocycles. The normalized spacial score (nSPS) is 8.45. The van der Waals surface area contributed by atoms with Crippen LogP contribution in [0.3, 0.4) is 0 Å². The van der Waals surface area contributed by atoms with Crippen molar-refractivity contribution in [3.63, 3.8) is 0 Å². The molecular formula is C6H10N2O3. The van der Waals surface area contributed by atoms with E-state index in [-0.39, 0.29) is 6.54 Å². The molecule has 0 aliphatic rings. The quantitative estimate of drug-likeness (QED) is 0.377. The molecule has 0 aliphatic carbocycles. The lowest BCUT2D eigenvalue weighted by Crippen LogP contribution is -2.24. The van der Waals surface area contributed by atoms with Crippen LogP contribution in [0.15, 0.2) is 5.10 Å². The Morgan fingerprint density at radius 3 is 2.73 bits per heavy atom. The molecule has 0 aromatic rings. The molecule has 0 spiro atoms. The predicted octanol–water partition coefficient (Wildman–Crippen LogP) is 1.02. The molecule has 0 radical (unpaired) electrons. The number of carboxylic acid groups (broad SMARTS) is 1. The fourth-order valence-corrected chi connectivity index (χ4v) is 0.546. The molecule has 5 nitrogen and oxygen atoms in total. The Balaban J connectivity index is 3.89. The monoisotopic (exact) mass is 158 g/mol. The number of amides is 1. The molecule has 1 amide bonds. The van der Waals surface area contributed by atoms with Gasteiger partial charge in [-0.05, 0) is 6.42 Å². The number of carbonyl (C=O) groups excluding carboxylic acids is 1. The number of unbranched alkanes of at least 4 members (excludes halogenated alkanes) is 1. The Bertz CT molecular complexity index is 173. The van der Waals surface area contributed by atoms with Crippen LogP contribution < -0.4 is 0 Å². The van der Waals surface area contributed by atoms with Crippen LogP contribution in [0.2, 0.25) is 0 Å². The van der Waals surface area contributed by atoms with E-state index in [2.05, 4.69) is 5.10 Å². The zero-order chi connectivity index (χ0) is 8.69. The van der Waals surface area contributed by atoms with Crippen LogP contribution in [0.5, 0.6) is 0 Å². The van der Waals surface area contributed by atoms with E-state index >= 15 is 0 Å². The molecule has 5 heteroatoms. The van der Waals surface area contributed by atoms with Gasteiger partial charge in [0.25, 0.3) is 6.08 Å². The predicted molar refractivity (Wildman–Crippen MR) is 37.8 cm³/mol. The van der Waals surface area contributed by atoms with Crippen molar-refractivity contribution >= 4 is 12.2 Å². The highest BCUT2D eigenvalue weighted by Gasteiger charge is 2.07. The molecule has 0 fully saturated rings. The van der Waals surface area contributed by atoms with Crippen LogP contribution in [0, 0.1) is 0 Å². The molecule has 0 atom stereocenters. The summed E-state index contributed by atoms with van der Waals surface area (Å²) < 4.78 is 0. The summed E-state index contributed by atoms with van der Waals surface area (Å²) >= 11 is 0. The average Bonchev–Trinajstić information content (AvgIpc) is 1.97. The van der Waals surface area contributed by atoms with Gasteiger partial charge in [0.05, 0.1) is 0 Å². The van der Waals surface area contributed by atoms with Crippen LogP contribution in [0.4, 0.5) is 4.79 Å². The lowest BCUT2D eigenvalue weighted by atomic mass is 10.3. The topological polar surface area (TPSA) is 70.0 Å². The summed E-state index contributed by atoms with van der Waals surface area (Å²) in [5.74, 6) is 0. The summed E-state index contributed by atoms with van der Waals surface area (Å²) in [5, 5.41) is 12.1. The van der Waals surface area contributed by atoms with Crippen molar-refractivity contribution in [2.45, 2.75) is 19.8 Å². The van der Waals surface area contributed by atoms with Crippen molar-refractivity contribution in [1.29, 1.82) is 0 Å². The Morgan fingerprint density at radius 1 is 1.73 bits per heavy atom. The smallest absolute Gasteiger partial charge is 0.428 e. The Morgan fingerprint density at radius 2 is 2.36 bits per heavy atom. The third-order valence-corrected chi connectivity index (χ3v) is 1.11. The summed E-state index contributed by atoms with van der Waals surface area (Å²) in [7, 11) is 0. The standard InChI is InChI=1S/C6H10N2O3/c1-2-3-4-8(6(10)11)7-5-9/h2-4H2,1H3,(H,10,11). The molecule has 0 saturated heterocycles. The molecule has 0 unspecified atom stereocenters.